The predicted octanol–water partition coefficient (Wildman–Crippen LogP) is 3.86. The summed E-state index contributed by atoms with van der Waals surface area (Å²) in [5.74, 6) is 0.337. The second kappa shape index (κ2) is 7.11. The van der Waals surface area contributed by atoms with E-state index in [0.29, 0.717) is 11.1 Å². The fourth-order valence-corrected chi connectivity index (χ4v) is 2.61. The Kier molecular flexibility index (Phi) is 4.73. The Morgan fingerprint density at radius 3 is 2.39 bits per heavy atom. The molecule has 0 spiro atoms. The minimum absolute atomic E-state index is 0.110. The third-order valence-corrected chi connectivity index (χ3v) is 4.05. The van der Waals surface area contributed by atoms with E-state index in [9.17, 15) is 4.79 Å². The van der Waals surface area contributed by atoms with Crippen molar-refractivity contribution in [2.24, 2.45) is 0 Å². The van der Waals surface area contributed by atoms with Gasteiger partial charge in [-0.3, -0.25) is 4.79 Å². The van der Waals surface area contributed by atoms with E-state index in [1.54, 1.807) is 6.92 Å². The van der Waals surface area contributed by atoms with Crippen molar-refractivity contribution in [3.63, 3.8) is 0 Å². The van der Waals surface area contributed by atoms with Crippen LogP contribution in [-0.4, -0.2) is 21.4 Å². The highest BCUT2D eigenvalue weighted by atomic mass is 32.2. The van der Waals surface area contributed by atoms with E-state index in [0.717, 1.165) is 11.3 Å². The quantitative estimate of drug-likeness (QED) is 0.722. The zero-order chi connectivity index (χ0) is 16.1. The van der Waals surface area contributed by atoms with Crippen LogP contribution in [0.1, 0.15) is 6.92 Å². The number of thioether (sulfide) groups is 1. The molecule has 1 heterocycles. The van der Waals surface area contributed by atoms with Gasteiger partial charge in [-0.25, -0.2) is 0 Å². The summed E-state index contributed by atoms with van der Waals surface area (Å²) < 4.78 is 5.60. The summed E-state index contributed by atoms with van der Waals surface area (Å²) >= 11 is 1.23. The largest absolute Gasteiger partial charge is 0.411 e. The minimum Gasteiger partial charge on any atom is -0.411 e. The number of aromatic nitrogens is 2. The lowest BCUT2D eigenvalue weighted by Gasteiger charge is -2.09. The maximum absolute atomic E-state index is 12.2. The molecule has 1 N–H and O–H groups in total. The topological polar surface area (TPSA) is 68.0 Å². The van der Waals surface area contributed by atoms with Gasteiger partial charge in [-0.2, -0.15) is 0 Å². The number of amides is 1. The van der Waals surface area contributed by atoms with Gasteiger partial charge in [0.25, 0.3) is 5.22 Å². The van der Waals surface area contributed by atoms with E-state index in [1.165, 1.54) is 11.8 Å². The van der Waals surface area contributed by atoms with Crippen LogP contribution in [0.15, 0.2) is 70.3 Å². The maximum Gasteiger partial charge on any atom is 0.277 e. The molecular weight excluding hydrogens is 310 g/mol. The van der Waals surface area contributed by atoms with Crippen molar-refractivity contribution in [1.29, 1.82) is 0 Å². The highest BCUT2D eigenvalue weighted by Crippen LogP contribution is 2.26. The molecule has 1 aromatic heterocycles. The zero-order valence-corrected chi connectivity index (χ0v) is 13.3. The zero-order valence-electron chi connectivity index (χ0n) is 12.5. The lowest BCUT2D eigenvalue weighted by Crippen LogP contribution is -2.22. The lowest BCUT2D eigenvalue weighted by atomic mass is 10.2. The number of para-hydroxylation sites is 1. The van der Waals surface area contributed by atoms with Gasteiger partial charge in [-0.1, -0.05) is 48.2 Å². The lowest BCUT2D eigenvalue weighted by molar-refractivity contribution is -0.115. The molecule has 1 amide bonds. The fraction of sp³-hybridized carbons (Fsp3) is 0.118. The van der Waals surface area contributed by atoms with Gasteiger partial charge in [0.1, 0.15) is 0 Å². The van der Waals surface area contributed by atoms with Crippen LogP contribution in [-0.2, 0) is 4.79 Å². The number of rotatable bonds is 5. The van der Waals surface area contributed by atoms with Gasteiger partial charge in [0.2, 0.25) is 11.8 Å². The number of nitrogens with zero attached hydrogens (tertiary/aromatic N) is 2. The molecule has 0 aliphatic rings. The number of hydrogen-bond acceptors (Lipinski definition) is 5. The number of anilines is 1. The third-order valence-electron chi connectivity index (χ3n) is 3.12. The standard InChI is InChI=1S/C17H15N3O2S/c1-12(15(21)18-14-10-6-3-7-11-14)23-17-20-19-16(22-17)13-8-4-2-5-9-13/h2-12H,1H3,(H,18,21)/t12-/m0/s1. The Morgan fingerprint density at radius 2 is 1.70 bits per heavy atom. The van der Waals surface area contributed by atoms with Crippen molar-refractivity contribution in [1.82, 2.24) is 10.2 Å². The van der Waals surface area contributed by atoms with Crippen LogP contribution in [0.5, 0.6) is 0 Å². The van der Waals surface area contributed by atoms with E-state index in [2.05, 4.69) is 15.5 Å². The summed E-state index contributed by atoms with van der Waals surface area (Å²) in [5, 5.41) is 10.9. The third kappa shape index (κ3) is 3.98. The monoisotopic (exact) mass is 325 g/mol. The highest BCUT2D eigenvalue weighted by Gasteiger charge is 2.18. The second-order valence-corrected chi connectivity index (χ2v) is 6.15. The second-order valence-electron chi connectivity index (χ2n) is 4.85. The molecule has 0 aliphatic heterocycles. The van der Waals surface area contributed by atoms with Crippen LogP contribution in [0, 0.1) is 0 Å². The SMILES string of the molecule is C[C@H](Sc1nnc(-c2ccccc2)o1)C(=O)Nc1ccccc1. The van der Waals surface area contributed by atoms with E-state index in [4.69, 9.17) is 4.42 Å². The first kappa shape index (κ1) is 15.3. The first-order valence-electron chi connectivity index (χ1n) is 7.14. The molecule has 3 rings (SSSR count). The van der Waals surface area contributed by atoms with Gasteiger partial charge in [0.05, 0.1) is 5.25 Å². The number of hydrogen-bond donors (Lipinski definition) is 1. The van der Waals surface area contributed by atoms with E-state index in [-0.39, 0.29) is 11.2 Å². The van der Waals surface area contributed by atoms with Crippen LogP contribution in [0.3, 0.4) is 0 Å². The summed E-state index contributed by atoms with van der Waals surface area (Å²) in [5.41, 5.74) is 1.62. The molecule has 0 unspecified atom stereocenters. The van der Waals surface area contributed by atoms with Crippen LogP contribution >= 0.6 is 11.8 Å². The molecule has 2 aromatic carbocycles. The van der Waals surface area contributed by atoms with Crippen molar-refractivity contribution in [2.45, 2.75) is 17.4 Å². The molecule has 5 nitrogen and oxygen atoms in total. The molecule has 0 radical (unpaired) electrons. The Hall–Kier alpha value is -2.60. The smallest absolute Gasteiger partial charge is 0.277 e. The summed E-state index contributed by atoms with van der Waals surface area (Å²) in [4.78, 5) is 12.2. The van der Waals surface area contributed by atoms with E-state index < -0.39 is 0 Å². The Labute approximate surface area is 138 Å². The number of carbonyl (C=O) groups excluding carboxylic acids is 1. The first-order valence-corrected chi connectivity index (χ1v) is 8.02. The average molecular weight is 325 g/mol. The van der Waals surface area contributed by atoms with Crippen LogP contribution in [0.4, 0.5) is 5.69 Å². The minimum atomic E-state index is -0.348. The normalized spacial score (nSPS) is 11.9. The van der Waals surface area contributed by atoms with Crippen LogP contribution in [0.2, 0.25) is 0 Å². The molecular formula is C17H15N3O2S. The van der Waals surface area contributed by atoms with Gasteiger partial charge in [-0.05, 0) is 31.2 Å². The molecule has 0 saturated carbocycles. The van der Waals surface area contributed by atoms with Crippen molar-refractivity contribution in [3.05, 3.63) is 60.7 Å². The van der Waals surface area contributed by atoms with Crippen LogP contribution < -0.4 is 5.32 Å². The number of nitrogens with one attached hydrogen (secondary N) is 1. The summed E-state index contributed by atoms with van der Waals surface area (Å²) in [6, 6.07) is 18.9. The summed E-state index contributed by atoms with van der Waals surface area (Å²) in [6.45, 7) is 1.80. The fourth-order valence-electron chi connectivity index (χ4n) is 1.92. The van der Waals surface area contributed by atoms with Gasteiger partial charge >= 0.3 is 0 Å². The molecule has 116 valence electrons. The van der Waals surface area contributed by atoms with Crippen LogP contribution in [0.25, 0.3) is 11.5 Å². The molecule has 0 aliphatic carbocycles. The Bertz CT molecular complexity index is 775. The van der Waals surface area contributed by atoms with Crippen molar-refractivity contribution < 1.29 is 9.21 Å². The van der Waals surface area contributed by atoms with E-state index >= 15 is 0 Å². The average Bonchev–Trinajstić information content (AvgIpc) is 3.05. The van der Waals surface area contributed by atoms with Gasteiger partial charge < -0.3 is 9.73 Å². The van der Waals surface area contributed by atoms with Gasteiger partial charge in [0.15, 0.2) is 0 Å². The van der Waals surface area contributed by atoms with Crippen molar-refractivity contribution in [3.8, 4) is 11.5 Å². The maximum atomic E-state index is 12.2. The molecule has 1 atom stereocenters. The predicted molar refractivity (Wildman–Crippen MR) is 90.1 cm³/mol. The summed E-state index contributed by atoms with van der Waals surface area (Å²) in [7, 11) is 0. The molecule has 0 fully saturated rings. The van der Waals surface area contributed by atoms with E-state index in [1.807, 2.05) is 60.7 Å². The molecule has 0 bridgehead atoms. The number of benzene rings is 2. The molecule has 3 aromatic rings. The first-order chi connectivity index (χ1) is 11.2. The van der Waals surface area contributed by atoms with Gasteiger partial charge in [-0.15, -0.1) is 10.2 Å². The van der Waals surface area contributed by atoms with Crippen molar-refractivity contribution >= 4 is 23.4 Å². The number of carbonyl (C=O) groups is 1. The summed E-state index contributed by atoms with van der Waals surface area (Å²) in [6.07, 6.45) is 0. The Balaban J connectivity index is 1.63. The highest BCUT2D eigenvalue weighted by molar-refractivity contribution is 8.00. The molecule has 0 saturated heterocycles. The molecule has 6 heteroatoms. The van der Waals surface area contributed by atoms with Crippen molar-refractivity contribution in [2.75, 3.05) is 5.32 Å². The molecule has 23 heavy (non-hydrogen) atoms. The van der Waals surface area contributed by atoms with Gasteiger partial charge in [0, 0.05) is 11.3 Å². The Morgan fingerprint density at radius 1 is 1.04 bits per heavy atom.